The van der Waals surface area contributed by atoms with Gasteiger partial charge in [-0.05, 0) is 31.5 Å². The van der Waals surface area contributed by atoms with Crippen molar-refractivity contribution in [1.29, 1.82) is 0 Å². The molecule has 0 aromatic heterocycles. The quantitative estimate of drug-likeness (QED) is 0.928. The lowest BCUT2D eigenvalue weighted by Crippen LogP contribution is -2.45. The molecule has 0 bridgehead atoms. The molecular weight excluding hydrogens is 276 g/mol. The summed E-state index contributed by atoms with van der Waals surface area (Å²) in [5, 5.41) is 3.79. The number of hydrogen-bond donors (Lipinski definition) is 1. The average Bonchev–Trinajstić information content (AvgIpc) is 2.48. The fourth-order valence-corrected chi connectivity index (χ4v) is 2.53. The van der Waals surface area contributed by atoms with Crippen LogP contribution >= 0.6 is 11.6 Å². The van der Waals surface area contributed by atoms with Crippen LogP contribution in [0.5, 0.6) is 0 Å². The second kappa shape index (κ2) is 6.95. The first-order chi connectivity index (χ1) is 9.65. The number of rotatable bonds is 4. The van der Waals surface area contributed by atoms with Crippen molar-refractivity contribution in [3.8, 4) is 0 Å². The second-order valence-corrected chi connectivity index (χ2v) is 5.31. The first-order valence-corrected chi connectivity index (χ1v) is 7.47. The highest BCUT2D eigenvalue weighted by Crippen LogP contribution is 2.23. The number of benzene rings is 1. The van der Waals surface area contributed by atoms with Gasteiger partial charge < -0.3 is 15.0 Å². The van der Waals surface area contributed by atoms with Gasteiger partial charge in [-0.3, -0.25) is 4.79 Å². The van der Waals surface area contributed by atoms with Crippen LogP contribution in [0.3, 0.4) is 0 Å². The van der Waals surface area contributed by atoms with Crippen LogP contribution < -0.4 is 5.32 Å². The Morgan fingerprint density at radius 3 is 3.00 bits per heavy atom. The molecule has 0 saturated carbocycles. The van der Waals surface area contributed by atoms with Crippen LogP contribution in [0.25, 0.3) is 0 Å². The molecule has 1 heterocycles. The van der Waals surface area contributed by atoms with Crippen molar-refractivity contribution in [2.24, 2.45) is 0 Å². The topological polar surface area (TPSA) is 41.6 Å². The highest BCUT2D eigenvalue weighted by Gasteiger charge is 2.25. The summed E-state index contributed by atoms with van der Waals surface area (Å²) in [6, 6.07) is 5.39. The Morgan fingerprint density at radius 2 is 2.30 bits per heavy atom. The molecule has 0 radical (unpaired) electrons. The van der Waals surface area contributed by atoms with Crippen LogP contribution in [0.15, 0.2) is 18.2 Å². The number of hydrogen-bond acceptors (Lipinski definition) is 3. The zero-order valence-electron chi connectivity index (χ0n) is 12.0. The molecule has 20 heavy (non-hydrogen) atoms. The summed E-state index contributed by atoms with van der Waals surface area (Å²) in [5.41, 5.74) is 1.47. The monoisotopic (exact) mass is 296 g/mol. The summed E-state index contributed by atoms with van der Waals surface area (Å²) in [5.74, 6) is 0.0187. The van der Waals surface area contributed by atoms with E-state index in [2.05, 4.69) is 12.2 Å². The highest BCUT2D eigenvalue weighted by atomic mass is 35.5. The summed E-state index contributed by atoms with van der Waals surface area (Å²) < 4.78 is 5.61. The third-order valence-corrected chi connectivity index (χ3v) is 3.70. The minimum absolute atomic E-state index is 0.0187. The Hall–Kier alpha value is -1.26. The van der Waals surface area contributed by atoms with Crippen molar-refractivity contribution in [3.05, 3.63) is 28.8 Å². The van der Waals surface area contributed by atoms with Crippen LogP contribution in [0.1, 0.15) is 30.6 Å². The summed E-state index contributed by atoms with van der Waals surface area (Å²) in [4.78, 5) is 14.5. The van der Waals surface area contributed by atoms with E-state index in [1.807, 2.05) is 17.9 Å². The molecule has 1 fully saturated rings. The zero-order valence-corrected chi connectivity index (χ0v) is 12.7. The number of nitrogens with one attached hydrogen (secondary N) is 1. The minimum Gasteiger partial charge on any atom is -0.385 e. The number of amides is 1. The number of carbonyl (C=O) groups excluding carboxylic acids is 1. The van der Waals surface area contributed by atoms with Gasteiger partial charge in [-0.25, -0.2) is 0 Å². The van der Waals surface area contributed by atoms with Gasteiger partial charge in [0.2, 0.25) is 0 Å². The largest absolute Gasteiger partial charge is 0.385 e. The SMILES string of the molecule is CCNc1ccc(Cl)cc1C(=O)N1CCOC(CC)C1. The third kappa shape index (κ3) is 3.44. The van der Waals surface area contributed by atoms with Gasteiger partial charge in [0.25, 0.3) is 5.91 Å². The fraction of sp³-hybridized carbons (Fsp3) is 0.533. The fourth-order valence-electron chi connectivity index (χ4n) is 2.36. The van der Waals surface area contributed by atoms with E-state index in [0.717, 1.165) is 18.7 Å². The summed E-state index contributed by atoms with van der Waals surface area (Å²) in [7, 11) is 0. The molecule has 1 amide bonds. The summed E-state index contributed by atoms with van der Waals surface area (Å²) in [6.45, 7) is 6.72. The maximum atomic E-state index is 12.7. The van der Waals surface area contributed by atoms with E-state index >= 15 is 0 Å². The second-order valence-electron chi connectivity index (χ2n) is 4.87. The van der Waals surface area contributed by atoms with Gasteiger partial charge in [0.1, 0.15) is 0 Å². The Labute approximate surface area is 125 Å². The Bertz CT molecular complexity index is 479. The maximum Gasteiger partial charge on any atom is 0.256 e. The van der Waals surface area contributed by atoms with Crippen LogP contribution in [0.2, 0.25) is 5.02 Å². The lowest BCUT2D eigenvalue weighted by Gasteiger charge is -2.33. The summed E-state index contributed by atoms with van der Waals surface area (Å²) in [6.07, 6.45) is 1.05. The molecule has 110 valence electrons. The number of carbonyl (C=O) groups is 1. The van der Waals surface area contributed by atoms with Crippen LogP contribution in [-0.2, 0) is 4.74 Å². The van der Waals surface area contributed by atoms with Crippen molar-refractivity contribution >= 4 is 23.2 Å². The highest BCUT2D eigenvalue weighted by molar-refractivity contribution is 6.31. The zero-order chi connectivity index (χ0) is 14.5. The van der Waals surface area contributed by atoms with Gasteiger partial charge in [-0.1, -0.05) is 18.5 Å². The maximum absolute atomic E-state index is 12.7. The van der Waals surface area contributed by atoms with Crippen molar-refractivity contribution in [2.75, 3.05) is 31.6 Å². The van der Waals surface area contributed by atoms with Crippen LogP contribution in [0, 0.1) is 0 Å². The standard InChI is InChI=1S/C15H21ClN2O2/c1-3-12-10-18(7-8-20-12)15(19)13-9-11(16)5-6-14(13)17-4-2/h5-6,9,12,17H,3-4,7-8,10H2,1-2H3. The van der Waals surface area contributed by atoms with E-state index in [1.165, 1.54) is 0 Å². The van der Waals surface area contributed by atoms with Crippen LogP contribution in [-0.4, -0.2) is 43.2 Å². The summed E-state index contributed by atoms with van der Waals surface area (Å²) >= 11 is 6.03. The predicted molar refractivity (Wildman–Crippen MR) is 81.6 cm³/mol. The van der Waals surface area contributed by atoms with Gasteiger partial charge >= 0.3 is 0 Å². The van der Waals surface area contributed by atoms with Gasteiger partial charge in [0.15, 0.2) is 0 Å². The molecular formula is C15H21ClN2O2. The Balaban J connectivity index is 2.21. The molecule has 1 aromatic rings. The Kier molecular flexibility index (Phi) is 5.26. The first-order valence-electron chi connectivity index (χ1n) is 7.10. The van der Waals surface area contributed by atoms with E-state index in [0.29, 0.717) is 30.3 Å². The molecule has 1 atom stereocenters. The minimum atomic E-state index is 0.0187. The van der Waals surface area contributed by atoms with E-state index in [9.17, 15) is 4.79 Å². The van der Waals surface area contributed by atoms with E-state index in [4.69, 9.17) is 16.3 Å². The normalized spacial score (nSPS) is 18.9. The lowest BCUT2D eigenvalue weighted by atomic mass is 10.1. The third-order valence-electron chi connectivity index (χ3n) is 3.46. The average molecular weight is 297 g/mol. The van der Waals surface area contributed by atoms with Gasteiger partial charge in [0, 0.05) is 30.3 Å². The number of ether oxygens (including phenoxy) is 1. The molecule has 0 spiro atoms. The smallest absolute Gasteiger partial charge is 0.256 e. The molecule has 0 aliphatic carbocycles. The molecule has 1 aliphatic rings. The Morgan fingerprint density at radius 1 is 1.50 bits per heavy atom. The van der Waals surface area contributed by atoms with Crippen LogP contribution in [0.4, 0.5) is 5.69 Å². The molecule has 5 heteroatoms. The predicted octanol–water partition coefficient (Wildman–Crippen LogP) is 3.02. The molecule has 1 N–H and O–H groups in total. The number of morpholine rings is 1. The van der Waals surface area contributed by atoms with Gasteiger partial charge in [0.05, 0.1) is 18.3 Å². The van der Waals surface area contributed by atoms with Crippen molar-refractivity contribution in [3.63, 3.8) is 0 Å². The van der Waals surface area contributed by atoms with E-state index in [-0.39, 0.29) is 12.0 Å². The van der Waals surface area contributed by atoms with E-state index in [1.54, 1.807) is 12.1 Å². The molecule has 1 aromatic carbocycles. The first kappa shape index (κ1) is 15.1. The number of anilines is 1. The van der Waals surface area contributed by atoms with Crippen molar-refractivity contribution in [1.82, 2.24) is 4.90 Å². The molecule has 1 unspecified atom stereocenters. The van der Waals surface area contributed by atoms with Gasteiger partial charge in [-0.2, -0.15) is 0 Å². The number of nitrogens with zero attached hydrogens (tertiary/aromatic N) is 1. The lowest BCUT2D eigenvalue weighted by molar-refractivity contribution is -0.0225. The van der Waals surface area contributed by atoms with E-state index < -0.39 is 0 Å². The molecule has 1 saturated heterocycles. The molecule has 4 nitrogen and oxygen atoms in total. The molecule has 2 rings (SSSR count). The van der Waals surface area contributed by atoms with Crippen molar-refractivity contribution < 1.29 is 9.53 Å². The molecule has 1 aliphatic heterocycles. The number of halogens is 1. The van der Waals surface area contributed by atoms with Crippen molar-refractivity contribution in [2.45, 2.75) is 26.4 Å². The van der Waals surface area contributed by atoms with Gasteiger partial charge in [-0.15, -0.1) is 0 Å².